The molecule has 120 valence electrons. The molecule has 22 heavy (non-hydrogen) atoms. The number of carbonyl (C=O) groups is 2. The first-order valence-corrected chi connectivity index (χ1v) is 7.52. The van der Waals surface area contributed by atoms with Gasteiger partial charge in [0.25, 0.3) is 5.91 Å². The van der Waals surface area contributed by atoms with Gasteiger partial charge in [-0.25, -0.2) is 0 Å². The Kier molecular flexibility index (Phi) is 5.77. The van der Waals surface area contributed by atoms with Crippen molar-refractivity contribution in [2.24, 2.45) is 0 Å². The van der Waals surface area contributed by atoms with Crippen molar-refractivity contribution in [3.05, 3.63) is 29.8 Å². The Morgan fingerprint density at radius 2 is 2.27 bits per heavy atom. The normalized spacial score (nSPS) is 17.9. The molecular weight excluding hydrogens is 282 g/mol. The van der Waals surface area contributed by atoms with Crippen molar-refractivity contribution in [2.75, 3.05) is 33.3 Å². The molecule has 2 rings (SSSR count). The minimum Gasteiger partial charge on any atom is -0.484 e. The van der Waals surface area contributed by atoms with Crippen molar-refractivity contribution < 1.29 is 14.3 Å². The molecule has 1 aliphatic rings. The van der Waals surface area contributed by atoms with E-state index in [1.165, 1.54) is 0 Å². The van der Waals surface area contributed by atoms with E-state index in [0.29, 0.717) is 18.2 Å². The standard InChI is InChI=1S/C16H23N3O3/c1-12-10-19(7-6-18-12)16(21)9-13-4-3-5-14(8-13)22-11-15(20)17-2/h3-5,8,12,18H,6-7,9-11H2,1-2H3,(H,17,20)/t12-/m1/s1. The highest BCUT2D eigenvalue weighted by atomic mass is 16.5. The Morgan fingerprint density at radius 3 is 3.00 bits per heavy atom. The topological polar surface area (TPSA) is 70.7 Å². The van der Waals surface area contributed by atoms with E-state index in [1.54, 1.807) is 13.1 Å². The van der Waals surface area contributed by atoms with Crippen LogP contribution in [0.15, 0.2) is 24.3 Å². The van der Waals surface area contributed by atoms with Crippen LogP contribution < -0.4 is 15.4 Å². The van der Waals surface area contributed by atoms with Crippen molar-refractivity contribution >= 4 is 11.8 Å². The van der Waals surface area contributed by atoms with Crippen LogP contribution in [0.4, 0.5) is 0 Å². The van der Waals surface area contributed by atoms with E-state index in [9.17, 15) is 9.59 Å². The fraction of sp³-hybridized carbons (Fsp3) is 0.500. The molecule has 1 aromatic rings. The van der Waals surface area contributed by atoms with Gasteiger partial charge in [0.2, 0.25) is 5.91 Å². The average molecular weight is 305 g/mol. The number of piperazine rings is 1. The lowest BCUT2D eigenvalue weighted by Gasteiger charge is -2.32. The summed E-state index contributed by atoms with van der Waals surface area (Å²) in [4.78, 5) is 25.4. The highest BCUT2D eigenvalue weighted by molar-refractivity contribution is 5.79. The lowest BCUT2D eigenvalue weighted by molar-refractivity contribution is -0.131. The van der Waals surface area contributed by atoms with Gasteiger partial charge in [0.1, 0.15) is 5.75 Å². The maximum Gasteiger partial charge on any atom is 0.257 e. The van der Waals surface area contributed by atoms with Crippen molar-refractivity contribution in [3.8, 4) is 5.75 Å². The Bertz CT molecular complexity index is 533. The molecule has 2 amide bonds. The summed E-state index contributed by atoms with van der Waals surface area (Å²) in [7, 11) is 1.56. The SMILES string of the molecule is CNC(=O)COc1cccc(CC(=O)N2CCN[C@H](C)C2)c1. The predicted molar refractivity (Wildman–Crippen MR) is 83.8 cm³/mol. The van der Waals surface area contributed by atoms with Gasteiger partial charge in [-0.05, 0) is 24.6 Å². The van der Waals surface area contributed by atoms with E-state index in [2.05, 4.69) is 17.6 Å². The first-order chi connectivity index (χ1) is 10.6. The number of benzene rings is 1. The van der Waals surface area contributed by atoms with Crippen LogP contribution in [0.1, 0.15) is 12.5 Å². The minimum absolute atomic E-state index is 0.0246. The molecule has 0 saturated carbocycles. The van der Waals surface area contributed by atoms with Crippen LogP contribution >= 0.6 is 0 Å². The van der Waals surface area contributed by atoms with Crippen molar-refractivity contribution in [1.29, 1.82) is 0 Å². The van der Waals surface area contributed by atoms with Crippen LogP contribution in [0.25, 0.3) is 0 Å². The zero-order chi connectivity index (χ0) is 15.9. The second kappa shape index (κ2) is 7.79. The van der Waals surface area contributed by atoms with Crippen molar-refractivity contribution in [2.45, 2.75) is 19.4 Å². The minimum atomic E-state index is -0.184. The van der Waals surface area contributed by atoms with Gasteiger partial charge in [-0.1, -0.05) is 12.1 Å². The van der Waals surface area contributed by atoms with E-state index in [0.717, 1.165) is 25.2 Å². The highest BCUT2D eigenvalue weighted by Crippen LogP contribution is 2.15. The molecule has 1 aliphatic heterocycles. The quantitative estimate of drug-likeness (QED) is 0.814. The fourth-order valence-corrected chi connectivity index (χ4v) is 2.41. The third kappa shape index (κ3) is 4.73. The van der Waals surface area contributed by atoms with Crippen LogP contribution in [-0.4, -0.2) is 56.0 Å². The fourth-order valence-electron chi connectivity index (χ4n) is 2.41. The Balaban J connectivity index is 1.92. The smallest absolute Gasteiger partial charge is 0.257 e. The van der Waals surface area contributed by atoms with Crippen molar-refractivity contribution in [3.63, 3.8) is 0 Å². The molecule has 0 spiro atoms. The molecule has 1 fully saturated rings. The van der Waals surface area contributed by atoms with Gasteiger partial charge in [-0.3, -0.25) is 9.59 Å². The Hall–Kier alpha value is -2.08. The molecule has 6 nitrogen and oxygen atoms in total. The molecular formula is C16H23N3O3. The number of nitrogens with zero attached hydrogens (tertiary/aromatic N) is 1. The van der Waals surface area contributed by atoms with Gasteiger partial charge in [0.05, 0.1) is 6.42 Å². The monoisotopic (exact) mass is 305 g/mol. The number of nitrogens with one attached hydrogen (secondary N) is 2. The number of carbonyl (C=O) groups excluding carboxylic acids is 2. The molecule has 1 atom stereocenters. The van der Waals surface area contributed by atoms with Crippen LogP contribution in [-0.2, 0) is 16.0 Å². The number of ether oxygens (including phenoxy) is 1. The molecule has 0 radical (unpaired) electrons. The number of likely N-dealkylation sites (N-methyl/N-ethyl adjacent to an activating group) is 1. The molecule has 1 aromatic carbocycles. The van der Waals surface area contributed by atoms with E-state index in [1.807, 2.05) is 23.1 Å². The van der Waals surface area contributed by atoms with Crippen LogP contribution in [0.2, 0.25) is 0 Å². The molecule has 2 N–H and O–H groups in total. The summed E-state index contributed by atoms with van der Waals surface area (Å²) in [6.07, 6.45) is 0.351. The van der Waals surface area contributed by atoms with Gasteiger partial charge in [-0.15, -0.1) is 0 Å². The maximum atomic E-state index is 12.3. The van der Waals surface area contributed by atoms with Crippen LogP contribution in [0.3, 0.4) is 0 Å². The first-order valence-electron chi connectivity index (χ1n) is 7.52. The predicted octanol–water partition coefficient (Wildman–Crippen LogP) is 0.174. The number of hydrogen-bond donors (Lipinski definition) is 2. The van der Waals surface area contributed by atoms with E-state index < -0.39 is 0 Å². The molecule has 0 aliphatic carbocycles. The molecule has 6 heteroatoms. The summed E-state index contributed by atoms with van der Waals surface area (Å²) in [5.41, 5.74) is 0.894. The lowest BCUT2D eigenvalue weighted by Crippen LogP contribution is -2.51. The summed E-state index contributed by atoms with van der Waals surface area (Å²) in [5, 5.41) is 5.82. The van der Waals surface area contributed by atoms with Gasteiger partial charge in [0, 0.05) is 32.7 Å². The molecule has 0 aromatic heterocycles. The molecule has 0 unspecified atom stereocenters. The van der Waals surface area contributed by atoms with Crippen LogP contribution in [0, 0.1) is 0 Å². The first kappa shape index (κ1) is 16.3. The third-order valence-corrected chi connectivity index (χ3v) is 3.62. The second-order valence-electron chi connectivity index (χ2n) is 5.48. The molecule has 0 bridgehead atoms. The molecule has 1 saturated heterocycles. The summed E-state index contributed by atoms with van der Waals surface area (Å²) in [6, 6.07) is 7.66. The van der Waals surface area contributed by atoms with E-state index >= 15 is 0 Å². The summed E-state index contributed by atoms with van der Waals surface area (Å²) in [6.45, 7) is 4.37. The zero-order valence-corrected chi connectivity index (χ0v) is 13.1. The van der Waals surface area contributed by atoms with Crippen molar-refractivity contribution in [1.82, 2.24) is 15.5 Å². The van der Waals surface area contributed by atoms with E-state index in [4.69, 9.17) is 4.74 Å². The van der Waals surface area contributed by atoms with Gasteiger partial charge < -0.3 is 20.3 Å². The number of amides is 2. The van der Waals surface area contributed by atoms with Gasteiger partial charge >= 0.3 is 0 Å². The number of rotatable bonds is 5. The second-order valence-corrected chi connectivity index (χ2v) is 5.48. The Morgan fingerprint density at radius 1 is 1.45 bits per heavy atom. The van der Waals surface area contributed by atoms with Gasteiger partial charge in [0.15, 0.2) is 6.61 Å². The van der Waals surface area contributed by atoms with Crippen LogP contribution in [0.5, 0.6) is 5.75 Å². The van der Waals surface area contributed by atoms with Gasteiger partial charge in [-0.2, -0.15) is 0 Å². The molecule has 1 heterocycles. The lowest BCUT2D eigenvalue weighted by atomic mass is 10.1. The largest absolute Gasteiger partial charge is 0.484 e. The Labute approximate surface area is 130 Å². The number of hydrogen-bond acceptors (Lipinski definition) is 4. The summed E-state index contributed by atoms with van der Waals surface area (Å²) < 4.78 is 5.40. The van der Waals surface area contributed by atoms with E-state index in [-0.39, 0.29) is 18.4 Å². The third-order valence-electron chi connectivity index (χ3n) is 3.62. The highest BCUT2D eigenvalue weighted by Gasteiger charge is 2.20. The average Bonchev–Trinajstić information content (AvgIpc) is 2.53. The maximum absolute atomic E-state index is 12.3. The summed E-state index contributed by atoms with van der Waals surface area (Å²) in [5.74, 6) is 0.538. The zero-order valence-electron chi connectivity index (χ0n) is 13.1. The summed E-state index contributed by atoms with van der Waals surface area (Å²) >= 11 is 0.